The van der Waals surface area contributed by atoms with Gasteiger partial charge in [0.2, 0.25) is 0 Å². The summed E-state index contributed by atoms with van der Waals surface area (Å²) in [5.41, 5.74) is 5.95. The molecule has 0 spiro atoms. The van der Waals surface area contributed by atoms with Gasteiger partial charge in [0.25, 0.3) is 0 Å². The molecule has 4 heteroatoms. The number of aryl methyl sites for hydroxylation is 2. The molecule has 134 valence electrons. The lowest BCUT2D eigenvalue weighted by molar-refractivity contribution is 0.304. The Balaban J connectivity index is 1.61. The van der Waals surface area contributed by atoms with Crippen LogP contribution < -0.4 is 10.1 Å². The lowest BCUT2D eigenvalue weighted by Gasteiger charge is -2.13. The maximum atomic E-state index is 5.91. The number of anilines is 1. The Morgan fingerprint density at radius 3 is 2.38 bits per heavy atom. The number of halogens is 2. The molecular weight excluding hydrogens is 410 g/mol. The molecule has 0 unspecified atom stereocenters. The predicted molar refractivity (Wildman–Crippen MR) is 113 cm³/mol. The molecule has 0 amide bonds. The molecule has 26 heavy (non-hydrogen) atoms. The van der Waals surface area contributed by atoms with E-state index in [-0.39, 0.29) is 0 Å². The third-order valence-corrected chi connectivity index (χ3v) is 5.05. The quantitative estimate of drug-likeness (QED) is 0.458. The minimum atomic E-state index is 0.510. The van der Waals surface area contributed by atoms with Crippen molar-refractivity contribution in [3.05, 3.63) is 92.4 Å². The number of hydrogen-bond donors (Lipinski definition) is 1. The largest absolute Gasteiger partial charge is 0.488 e. The van der Waals surface area contributed by atoms with Crippen LogP contribution in [0.3, 0.4) is 0 Å². The van der Waals surface area contributed by atoms with E-state index in [1.165, 1.54) is 22.4 Å². The zero-order valence-electron chi connectivity index (χ0n) is 14.9. The molecule has 0 aliphatic rings. The summed E-state index contributed by atoms with van der Waals surface area (Å²) < 4.78 is 6.86. The van der Waals surface area contributed by atoms with Gasteiger partial charge in [0.15, 0.2) is 0 Å². The molecule has 0 fully saturated rings. The van der Waals surface area contributed by atoms with Crippen molar-refractivity contribution < 1.29 is 4.74 Å². The van der Waals surface area contributed by atoms with Gasteiger partial charge in [-0.15, -0.1) is 0 Å². The molecule has 1 N–H and O–H groups in total. The van der Waals surface area contributed by atoms with Crippen LogP contribution in [0.1, 0.15) is 22.3 Å². The van der Waals surface area contributed by atoms with Crippen LogP contribution in [0.2, 0.25) is 5.02 Å². The van der Waals surface area contributed by atoms with Gasteiger partial charge in [-0.2, -0.15) is 0 Å². The summed E-state index contributed by atoms with van der Waals surface area (Å²) in [6, 6.07) is 20.3. The van der Waals surface area contributed by atoms with Crippen LogP contribution in [0.4, 0.5) is 5.69 Å². The third kappa shape index (κ3) is 5.03. The lowest BCUT2D eigenvalue weighted by Crippen LogP contribution is -2.02. The first-order valence-electron chi connectivity index (χ1n) is 8.48. The molecule has 0 heterocycles. The van der Waals surface area contributed by atoms with Crippen molar-refractivity contribution in [1.82, 2.24) is 0 Å². The molecule has 0 bridgehead atoms. The molecule has 2 nitrogen and oxygen atoms in total. The zero-order chi connectivity index (χ0) is 18.5. The van der Waals surface area contributed by atoms with Crippen LogP contribution in [0.25, 0.3) is 0 Å². The van der Waals surface area contributed by atoms with E-state index in [0.717, 1.165) is 27.4 Å². The maximum Gasteiger partial charge on any atom is 0.134 e. The minimum Gasteiger partial charge on any atom is -0.488 e. The maximum absolute atomic E-state index is 5.91. The Hall–Kier alpha value is -1.97. The Labute approximate surface area is 168 Å². The summed E-state index contributed by atoms with van der Waals surface area (Å²) in [6.45, 7) is 5.50. The second-order valence-corrected chi connectivity index (χ2v) is 7.64. The number of benzene rings is 3. The van der Waals surface area contributed by atoms with Gasteiger partial charge >= 0.3 is 0 Å². The molecule has 0 aliphatic heterocycles. The van der Waals surface area contributed by atoms with Crippen LogP contribution in [0.15, 0.2) is 65.1 Å². The van der Waals surface area contributed by atoms with E-state index >= 15 is 0 Å². The van der Waals surface area contributed by atoms with Crippen LogP contribution in [-0.2, 0) is 13.2 Å². The monoisotopic (exact) mass is 429 g/mol. The van der Waals surface area contributed by atoms with Crippen molar-refractivity contribution >= 4 is 33.2 Å². The van der Waals surface area contributed by atoms with E-state index in [0.29, 0.717) is 6.61 Å². The fourth-order valence-electron chi connectivity index (χ4n) is 2.64. The molecule has 3 aromatic carbocycles. The van der Waals surface area contributed by atoms with E-state index in [1.54, 1.807) is 0 Å². The number of nitrogens with one attached hydrogen (secondary N) is 1. The van der Waals surface area contributed by atoms with Crippen LogP contribution >= 0.6 is 27.5 Å². The first-order chi connectivity index (χ1) is 12.5. The summed E-state index contributed by atoms with van der Waals surface area (Å²) in [5.74, 6) is 0.829. The smallest absolute Gasteiger partial charge is 0.134 e. The van der Waals surface area contributed by atoms with Gasteiger partial charge < -0.3 is 10.1 Å². The van der Waals surface area contributed by atoms with E-state index in [1.807, 2.05) is 30.3 Å². The number of hydrogen-bond acceptors (Lipinski definition) is 2. The Bertz CT molecular complexity index is 893. The number of rotatable bonds is 6. The van der Waals surface area contributed by atoms with Crippen LogP contribution in [-0.4, -0.2) is 0 Å². The number of ether oxygens (including phenoxy) is 1. The van der Waals surface area contributed by atoms with Crippen molar-refractivity contribution in [1.29, 1.82) is 0 Å². The summed E-state index contributed by atoms with van der Waals surface area (Å²) in [5, 5.41) is 4.24. The average molecular weight is 431 g/mol. The summed E-state index contributed by atoms with van der Waals surface area (Å²) in [6.07, 6.45) is 0. The first-order valence-corrected chi connectivity index (χ1v) is 9.65. The molecular formula is C22H21BrClNO. The Morgan fingerprint density at radius 1 is 0.923 bits per heavy atom. The van der Waals surface area contributed by atoms with Gasteiger partial charge in [-0.1, -0.05) is 41.9 Å². The van der Waals surface area contributed by atoms with E-state index in [2.05, 4.69) is 65.4 Å². The highest BCUT2D eigenvalue weighted by Gasteiger charge is 2.05. The average Bonchev–Trinajstić information content (AvgIpc) is 2.63. The molecule has 0 radical (unpaired) electrons. The summed E-state index contributed by atoms with van der Waals surface area (Å²) in [4.78, 5) is 0. The third-order valence-electron chi connectivity index (χ3n) is 4.18. The zero-order valence-corrected chi connectivity index (χ0v) is 17.2. The van der Waals surface area contributed by atoms with Crippen molar-refractivity contribution in [2.75, 3.05) is 5.32 Å². The minimum absolute atomic E-state index is 0.510. The lowest BCUT2D eigenvalue weighted by atomic mass is 10.1. The van der Waals surface area contributed by atoms with Gasteiger partial charge in [-0.05, 0) is 82.4 Å². The van der Waals surface area contributed by atoms with Crippen LogP contribution in [0.5, 0.6) is 5.75 Å². The van der Waals surface area contributed by atoms with Gasteiger partial charge in [0, 0.05) is 17.3 Å². The van der Waals surface area contributed by atoms with Gasteiger partial charge in [-0.25, -0.2) is 0 Å². The molecule has 0 atom stereocenters. The first kappa shape index (κ1) is 18.8. The molecule has 0 saturated carbocycles. The molecule has 0 saturated heterocycles. The highest BCUT2D eigenvalue weighted by molar-refractivity contribution is 9.10. The van der Waals surface area contributed by atoms with E-state index in [9.17, 15) is 0 Å². The van der Waals surface area contributed by atoms with E-state index < -0.39 is 0 Å². The Morgan fingerprint density at radius 2 is 1.65 bits per heavy atom. The molecule has 3 rings (SSSR count). The van der Waals surface area contributed by atoms with E-state index in [4.69, 9.17) is 16.3 Å². The predicted octanol–water partition coefficient (Wildman–Crippen LogP) is 6.91. The fraction of sp³-hybridized carbons (Fsp3) is 0.182. The summed E-state index contributed by atoms with van der Waals surface area (Å²) in [7, 11) is 0. The highest BCUT2D eigenvalue weighted by Crippen LogP contribution is 2.27. The van der Waals surface area contributed by atoms with Gasteiger partial charge in [-0.3, -0.25) is 0 Å². The van der Waals surface area contributed by atoms with Gasteiger partial charge in [0.05, 0.1) is 4.47 Å². The van der Waals surface area contributed by atoms with Crippen molar-refractivity contribution in [3.8, 4) is 5.75 Å². The van der Waals surface area contributed by atoms with Crippen molar-refractivity contribution in [2.45, 2.75) is 27.0 Å². The standard InChI is InChI=1S/C22H21BrClNO/c1-15-3-4-16(2)21(11-15)25-13-18-7-10-22(20(23)12-18)26-14-17-5-8-19(24)9-6-17/h3-12,25H,13-14H2,1-2H3. The molecule has 0 aliphatic carbocycles. The second-order valence-electron chi connectivity index (χ2n) is 6.35. The summed E-state index contributed by atoms with van der Waals surface area (Å²) >= 11 is 9.52. The van der Waals surface area contributed by atoms with Crippen molar-refractivity contribution in [2.24, 2.45) is 0 Å². The van der Waals surface area contributed by atoms with Crippen LogP contribution in [0, 0.1) is 13.8 Å². The molecule has 0 aromatic heterocycles. The Kier molecular flexibility index (Phi) is 6.23. The normalized spacial score (nSPS) is 10.6. The fourth-order valence-corrected chi connectivity index (χ4v) is 3.30. The SMILES string of the molecule is Cc1ccc(C)c(NCc2ccc(OCc3ccc(Cl)cc3)c(Br)c2)c1. The van der Waals surface area contributed by atoms with Crippen molar-refractivity contribution in [3.63, 3.8) is 0 Å². The van der Waals surface area contributed by atoms with Gasteiger partial charge in [0.1, 0.15) is 12.4 Å². The second kappa shape index (κ2) is 8.61. The highest BCUT2D eigenvalue weighted by atomic mass is 79.9. The topological polar surface area (TPSA) is 21.3 Å². The molecule has 3 aromatic rings.